The molecule has 2 rings (SSSR count). The first-order valence-corrected chi connectivity index (χ1v) is 7.89. The lowest BCUT2D eigenvalue weighted by Gasteiger charge is -2.28. The summed E-state index contributed by atoms with van der Waals surface area (Å²) in [6.07, 6.45) is 0. The Kier molecular flexibility index (Phi) is 5.32. The monoisotopic (exact) mass is 321 g/mol. The van der Waals surface area contributed by atoms with Crippen molar-refractivity contribution in [3.8, 4) is 0 Å². The molecule has 0 amide bonds. The number of nitrogens with one attached hydrogen (secondary N) is 1. The Morgan fingerprint density at radius 3 is 2.38 bits per heavy atom. The van der Waals surface area contributed by atoms with Crippen molar-refractivity contribution in [2.75, 3.05) is 6.54 Å². The van der Waals surface area contributed by atoms with Crippen molar-refractivity contribution < 1.29 is 0 Å². The molecule has 0 heterocycles. The van der Waals surface area contributed by atoms with Gasteiger partial charge in [-0.15, -0.1) is 0 Å². The molecular formula is C18H21Cl2N. The lowest BCUT2D eigenvalue weighted by molar-refractivity contribution is 0.435. The van der Waals surface area contributed by atoms with Gasteiger partial charge in [0.2, 0.25) is 0 Å². The van der Waals surface area contributed by atoms with E-state index in [0.717, 1.165) is 17.1 Å². The minimum absolute atomic E-state index is 0.0561. The number of hydrogen-bond donors (Lipinski definition) is 1. The first-order valence-electron chi connectivity index (χ1n) is 7.14. The van der Waals surface area contributed by atoms with Gasteiger partial charge in [0.1, 0.15) is 0 Å². The van der Waals surface area contributed by atoms with E-state index in [1.165, 1.54) is 5.56 Å². The van der Waals surface area contributed by atoms with Crippen molar-refractivity contribution in [3.05, 3.63) is 69.7 Å². The van der Waals surface area contributed by atoms with Crippen LogP contribution in [0.3, 0.4) is 0 Å². The highest BCUT2D eigenvalue weighted by Crippen LogP contribution is 2.28. The Morgan fingerprint density at radius 2 is 1.71 bits per heavy atom. The van der Waals surface area contributed by atoms with E-state index in [9.17, 15) is 0 Å². The molecule has 0 aliphatic carbocycles. The molecular weight excluding hydrogens is 301 g/mol. The normalized spacial score (nSPS) is 13.2. The maximum Gasteiger partial charge on any atom is 0.0454 e. The van der Waals surface area contributed by atoms with E-state index < -0.39 is 0 Å². The third kappa shape index (κ3) is 4.23. The second-order valence-corrected chi connectivity index (χ2v) is 6.86. The maximum absolute atomic E-state index is 6.26. The van der Waals surface area contributed by atoms with Gasteiger partial charge in [0, 0.05) is 28.0 Å². The molecule has 0 saturated heterocycles. The number of hydrogen-bond acceptors (Lipinski definition) is 1. The summed E-state index contributed by atoms with van der Waals surface area (Å²) in [6.45, 7) is 7.45. The molecule has 1 atom stereocenters. The molecule has 0 saturated carbocycles. The maximum atomic E-state index is 6.26. The molecule has 2 aromatic carbocycles. The van der Waals surface area contributed by atoms with Crippen LogP contribution in [-0.4, -0.2) is 6.54 Å². The van der Waals surface area contributed by atoms with Gasteiger partial charge < -0.3 is 5.32 Å². The minimum atomic E-state index is 0.0561. The third-order valence-electron chi connectivity index (χ3n) is 3.83. The molecule has 2 aromatic rings. The van der Waals surface area contributed by atoms with Gasteiger partial charge in [-0.1, -0.05) is 67.4 Å². The minimum Gasteiger partial charge on any atom is -0.309 e. The molecule has 0 bridgehead atoms. The summed E-state index contributed by atoms with van der Waals surface area (Å²) in [5, 5.41) is 5.02. The average Bonchev–Trinajstić information content (AvgIpc) is 2.48. The Labute approximate surface area is 137 Å². The van der Waals surface area contributed by atoms with E-state index in [-0.39, 0.29) is 11.5 Å². The molecule has 3 heteroatoms. The molecule has 21 heavy (non-hydrogen) atoms. The van der Waals surface area contributed by atoms with Crippen molar-refractivity contribution in [1.82, 2.24) is 5.32 Å². The lowest BCUT2D eigenvalue weighted by atomic mass is 9.84. The van der Waals surface area contributed by atoms with Crippen LogP contribution in [0, 0.1) is 0 Å². The van der Waals surface area contributed by atoms with Gasteiger partial charge in [0.25, 0.3) is 0 Å². The number of rotatable bonds is 5. The Morgan fingerprint density at radius 1 is 1.05 bits per heavy atom. The van der Waals surface area contributed by atoms with Gasteiger partial charge in [0.15, 0.2) is 0 Å². The third-order valence-corrected chi connectivity index (χ3v) is 4.41. The summed E-state index contributed by atoms with van der Waals surface area (Å²) in [4.78, 5) is 0. The SMILES string of the molecule is CC(NCC(C)(C)c1ccccc1)c1cc(Cl)ccc1Cl. The van der Waals surface area contributed by atoms with E-state index >= 15 is 0 Å². The van der Waals surface area contributed by atoms with Gasteiger partial charge in [-0.3, -0.25) is 0 Å². The zero-order valence-electron chi connectivity index (χ0n) is 12.7. The highest BCUT2D eigenvalue weighted by molar-refractivity contribution is 6.33. The lowest BCUT2D eigenvalue weighted by Crippen LogP contribution is -2.34. The highest BCUT2D eigenvalue weighted by Gasteiger charge is 2.21. The summed E-state index contributed by atoms with van der Waals surface area (Å²) in [6, 6.07) is 16.3. The molecule has 1 nitrogen and oxygen atoms in total. The van der Waals surface area contributed by atoms with Crippen LogP contribution in [0.2, 0.25) is 10.0 Å². The van der Waals surface area contributed by atoms with Crippen LogP contribution in [0.5, 0.6) is 0 Å². The number of halogens is 2. The summed E-state index contributed by atoms with van der Waals surface area (Å²) in [5.41, 5.74) is 2.41. The fraction of sp³-hybridized carbons (Fsp3) is 0.333. The van der Waals surface area contributed by atoms with E-state index in [1.807, 2.05) is 24.3 Å². The molecule has 0 aliphatic rings. The van der Waals surface area contributed by atoms with E-state index in [2.05, 4.69) is 50.4 Å². The van der Waals surface area contributed by atoms with Gasteiger partial charge in [-0.2, -0.15) is 0 Å². The van der Waals surface area contributed by atoms with Crippen LogP contribution in [0.4, 0.5) is 0 Å². The zero-order valence-corrected chi connectivity index (χ0v) is 14.2. The second-order valence-electron chi connectivity index (χ2n) is 6.02. The van der Waals surface area contributed by atoms with Gasteiger partial charge in [-0.25, -0.2) is 0 Å². The Balaban J connectivity index is 2.07. The van der Waals surface area contributed by atoms with Crippen LogP contribution in [0.15, 0.2) is 48.5 Å². The fourth-order valence-corrected chi connectivity index (χ4v) is 2.82. The standard InChI is InChI=1S/C18H21Cl2N/c1-13(16-11-15(19)9-10-17(16)20)21-12-18(2,3)14-7-5-4-6-8-14/h4-11,13,21H,12H2,1-3H3. The van der Waals surface area contributed by atoms with Gasteiger partial charge >= 0.3 is 0 Å². The molecule has 1 unspecified atom stereocenters. The van der Waals surface area contributed by atoms with Crippen LogP contribution >= 0.6 is 23.2 Å². The van der Waals surface area contributed by atoms with Gasteiger partial charge in [-0.05, 0) is 36.2 Å². The molecule has 0 aliphatic heterocycles. The quantitative estimate of drug-likeness (QED) is 0.753. The molecule has 112 valence electrons. The highest BCUT2D eigenvalue weighted by atomic mass is 35.5. The van der Waals surface area contributed by atoms with Crippen LogP contribution in [-0.2, 0) is 5.41 Å². The van der Waals surface area contributed by atoms with E-state index in [4.69, 9.17) is 23.2 Å². The Bertz CT molecular complexity index is 593. The number of benzene rings is 2. The Hall–Kier alpha value is -1.02. The van der Waals surface area contributed by atoms with Crippen LogP contribution < -0.4 is 5.32 Å². The van der Waals surface area contributed by atoms with Crippen LogP contribution in [0.25, 0.3) is 0 Å². The first kappa shape index (κ1) is 16.4. The van der Waals surface area contributed by atoms with Crippen LogP contribution in [0.1, 0.15) is 37.9 Å². The van der Waals surface area contributed by atoms with Gasteiger partial charge in [0.05, 0.1) is 0 Å². The van der Waals surface area contributed by atoms with Crippen molar-refractivity contribution >= 4 is 23.2 Å². The van der Waals surface area contributed by atoms with E-state index in [0.29, 0.717) is 5.02 Å². The van der Waals surface area contributed by atoms with Crippen molar-refractivity contribution in [2.24, 2.45) is 0 Å². The molecule has 0 aromatic heterocycles. The predicted molar refractivity (Wildman–Crippen MR) is 92.3 cm³/mol. The summed E-state index contributed by atoms with van der Waals surface area (Å²) < 4.78 is 0. The fourth-order valence-electron chi connectivity index (χ4n) is 2.36. The van der Waals surface area contributed by atoms with Crippen molar-refractivity contribution in [2.45, 2.75) is 32.2 Å². The molecule has 1 N–H and O–H groups in total. The summed E-state index contributed by atoms with van der Waals surface area (Å²) in [5.74, 6) is 0. The first-order chi connectivity index (χ1) is 9.90. The molecule has 0 fully saturated rings. The molecule has 0 spiro atoms. The predicted octanol–water partition coefficient (Wildman–Crippen LogP) is 5.62. The van der Waals surface area contributed by atoms with Crippen molar-refractivity contribution in [1.29, 1.82) is 0 Å². The second kappa shape index (κ2) is 6.83. The summed E-state index contributed by atoms with van der Waals surface area (Å²) >= 11 is 12.3. The van der Waals surface area contributed by atoms with E-state index in [1.54, 1.807) is 0 Å². The smallest absolute Gasteiger partial charge is 0.0454 e. The zero-order chi connectivity index (χ0) is 15.5. The topological polar surface area (TPSA) is 12.0 Å². The largest absolute Gasteiger partial charge is 0.309 e. The van der Waals surface area contributed by atoms with Crippen molar-refractivity contribution in [3.63, 3.8) is 0 Å². The average molecular weight is 322 g/mol. The molecule has 0 radical (unpaired) electrons. The summed E-state index contributed by atoms with van der Waals surface area (Å²) in [7, 11) is 0.